The molecule has 0 amide bonds. The van der Waals surface area contributed by atoms with E-state index >= 15 is 0 Å². The normalized spacial score (nSPS) is 19.1. The first kappa shape index (κ1) is 19.0. The molecule has 140 valence electrons. The van der Waals surface area contributed by atoms with Crippen molar-refractivity contribution >= 4 is 34.6 Å². The van der Waals surface area contributed by atoms with Gasteiger partial charge in [-0.15, -0.1) is 12.4 Å². The van der Waals surface area contributed by atoms with Crippen molar-refractivity contribution in [1.82, 2.24) is 14.9 Å². The van der Waals surface area contributed by atoms with Crippen molar-refractivity contribution in [3.63, 3.8) is 0 Å². The Kier molecular flexibility index (Phi) is 5.21. The predicted octanol–water partition coefficient (Wildman–Crippen LogP) is 2.44. The molecule has 0 bridgehead atoms. The summed E-state index contributed by atoms with van der Waals surface area (Å²) >= 11 is 0. The van der Waals surface area contributed by atoms with Crippen molar-refractivity contribution < 1.29 is 12.9 Å². The molecule has 0 radical (unpaired) electrons. The zero-order valence-corrected chi connectivity index (χ0v) is 15.7. The van der Waals surface area contributed by atoms with Crippen LogP contribution in [0.1, 0.15) is 49.4 Å². The zero-order chi connectivity index (χ0) is 17.5. The lowest BCUT2D eigenvalue weighted by molar-refractivity contribution is 0.229. The van der Waals surface area contributed by atoms with Gasteiger partial charge in [0.15, 0.2) is 5.82 Å². The summed E-state index contributed by atoms with van der Waals surface area (Å²) in [4.78, 5) is 4.59. The molecule has 0 unspecified atom stereocenters. The van der Waals surface area contributed by atoms with E-state index in [1.165, 1.54) is 0 Å². The van der Waals surface area contributed by atoms with Crippen molar-refractivity contribution in [3.8, 4) is 0 Å². The van der Waals surface area contributed by atoms with Crippen LogP contribution in [0.3, 0.4) is 0 Å². The van der Waals surface area contributed by atoms with Crippen LogP contribution in [0.5, 0.6) is 0 Å². The number of halogens is 1. The summed E-state index contributed by atoms with van der Waals surface area (Å²) < 4.78 is 32.1. The largest absolute Gasteiger partial charge is 0.335 e. The Hall–Kier alpha value is -1.74. The topological polar surface area (TPSA) is 111 Å². The quantitative estimate of drug-likeness (QED) is 0.775. The lowest BCUT2D eigenvalue weighted by atomic mass is 9.77. The van der Waals surface area contributed by atoms with Crippen LogP contribution in [0.2, 0.25) is 0 Å². The van der Waals surface area contributed by atoms with E-state index in [2.05, 4.69) is 14.9 Å². The van der Waals surface area contributed by atoms with Crippen molar-refractivity contribution in [2.24, 2.45) is 5.73 Å². The Bertz CT molecular complexity index is 900. The van der Waals surface area contributed by atoms with E-state index in [0.717, 1.165) is 37.7 Å². The first-order valence-electron chi connectivity index (χ1n) is 8.38. The van der Waals surface area contributed by atoms with Crippen molar-refractivity contribution in [1.29, 1.82) is 0 Å². The van der Waals surface area contributed by atoms with Gasteiger partial charge in [-0.25, -0.2) is 13.1 Å². The van der Waals surface area contributed by atoms with Crippen LogP contribution in [0.25, 0.3) is 12.2 Å². The van der Waals surface area contributed by atoms with E-state index < -0.39 is 15.6 Å². The fraction of sp³-hybridized carbons (Fsp3) is 0.412. The standard InChI is InChI=1S/C17H20N4O3S.ClH/c18-17(10-1-11-17)16-19-15(24-20-16)9-4-12-2-7-14(8-3-12)25(22,23)21-13-5-6-13;/h2-4,7-9,13,21H,1,5-6,10-11,18H2;1H/b9-4+;. The third-order valence-corrected chi connectivity index (χ3v) is 6.18. The molecule has 1 heterocycles. The highest BCUT2D eigenvalue weighted by Gasteiger charge is 2.38. The SMILES string of the molecule is Cl.NC1(c2noc(/C=C/c3ccc(S(=O)(=O)NC4CC4)cc3)n2)CCC1. The molecule has 0 aliphatic heterocycles. The fourth-order valence-electron chi connectivity index (χ4n) is 2.70. The number of benzene rings is 1. The van der Waals surface area contributed by atoms with Crippen LogP contribution < -0.4 is 10.5 Å². The molecular formula is C17H21ClN4O3S. The van der Waals surface area contributed by atoms with Gasteiger partial charge in [-0.2, -0.15) is 4.98 Å². The maximum Gasteiger partial charge on any atom is 0.250 e. The molecule has 26 heavy (non-hydrogen) atoms. The van der Waals surface area contributed by atoms with Crippen LogP contribution in [0, 0.1) is 0 Å². The Labute approximate surface area is 158 Å². The highest BCUT2D eigenvalue weighted by molar-refractivity contribution is 7.89. The second kappa shape index (κ2) is 7.11. The smallest absolute Gasteiger partial charge is 0.250 e. The highest BCUT2D eigenvalue weighted by atomic mass is 35.5. The van der Waals surface area contributed by atoms with Gasteiger partial charge in [-0.3, -0.25) is 0 Å². The summed E-state index contributed by atoms with van der Waals surface area (Å²) in [6.45, 7) is 0. The first-order valence-corrected chi connectivity index (χ1v) is 9.87. The molecule has 1 aromatic heterocycles. The second-order valence-electron chi connectivity index (χ2n) is 6.76. The maximum atomic E-state index is 12.1. The number of sulfonamides is 1. The Morgan fingerprint density at radius 1 is 1.19 bits per heavy atom. The minimum atomic E-state index is -3.42. The number of hydrogen-bond acceptors (Lipinski definition) is 6. The molecule has 4 rings (SSSR count). The predicted molar refractivity (Wildman–Crippen MR) is 100.0 cm³/mol. The average Bonchev–Trinajstić information content (AvgIpc) is 3.23. The van der Waals surface area contributed by atoms with E-state index in [9.17, 15) is 8.42 Å². The van der Waals surface area contributed by atoms with Gasteiger partial charge in [0.25, 0.3) is 5.89 Å². The fourth-order valence-corrected chi connectivity index (χ4v) is 4.01. The number of nitrogens with one attached hydrogen (secondary N) is 1. The molecule has 2 aromatic rings. The summed E-state index contributed by atoms with van der Waals surface area (Å²) in [7, 11) is -3.42. The number of rotatable bonds is 6. The van der Waals surface area contributed by atoms with E-state index in [1.807, 2.05) is 0 Å². The van der Waals surface area contributed by atoms with Gasteiger partial charge in [0, 0.05) is 12.1 Å². The number of nitrogens with two attached hydrogens (primary N) is 1. The van der Waals surface area contributed by atoms with E-state index in [-0.39, 0.29) is 23.3 Å². The monoisotopic (exact) mass is 396 g/mol. The maximum absolute atomic E-state index is 12.1. The molecule has 2 aliphatic carbocycles. The lowest BCUT2D eigenvalue weighted by Gasteiger charge is -2.34. The van der Waals surface area contributed by atoms with E-state index in [1.54, 1.807) is 36.4 Å². The molecule has 0 spiro atoms. The number of hydrogen-bond donors (Lipinski definition) is 2. The summed E-state index contributed by atoms with van der Waals surface area (Å²) in [5.41, 5.74) is 6.57. The summed E-state index contributed by atoms with van der Waals surface area (Å²) in [6.07, 6.45) is 8.16. The third kappa shape index (κ3) is 3.98. The molecular weight excluding hydrogens is 376 g/mol. The van der Waals surface area contributed by atoms with Gasteiger partial charge in [-0.05, 0) is 55.9 Å². The van der Waals surface area contributed by atoms with Crippen LogP contribution in [0.15, 0.2) is 33.7 Å². The van der Waals surface area contributed by atoms with Crippen LogP contribution in [-0.4, -0.2) is 24.6 Å². The lowest BCUT2D eigenvalue weighted by Crippen LogP contribution is -2.44. The molecule has 2 saturated carbocycles. The zero-order valence-electron chi connectivity index (χ0n) is 14.1. The third-order valence-electron chi connectivity index (χ3n) is 4.64. The molecule has 0 saturated heterocycles. The van der Waals surface area contributed by atoms with Gasteiger partial charge < -0.3 is 10.3 Å². The molecule has 7 nitrogen and oxygen atoms in total. The van der Waals surface area contributed by atoms with E-state index in [0.29, 0.717) is 11.7 Å². The van der Waals surface area contributed by atoms with Crippen LogP contribution in [0.4, 0.5) is 0 Å². The average molecular weight is 397 g/mol. The molecule has 0 atom stereocenters. The summed E-state index contributed by atoms with van der Waals surface area (Å²) in [5.74, 6) is 0.935. The van der Waals surface area contributed by atoms with Crippen molar-refractivity contribution in [2.45, 2.75) is 48.6 Å². The summed E-state index contributed by atoms with van der Waals surface area (Å²) in [5, 5.41) is 3.95. The Morgan fingerprint density at radius 3 is 2.46 bits per heavy atom. The molecule has 1 aromatic carbocycles. The molecule has 2 aliphatic rings. The van der Waals surface area contributed by atoms with Crippen molar-refractivity contribution in [3.05, 3.63) is 41.5 Å². The van der Waals surface area contributed by atoms with Gasteiger partial charge >= 0.3 is 0 Å². The molecule has 2 fully saturated rings. The van der Waals surface area contributed by atoms with E-state index in [4.69, 9.17) is 10.3 Å². The minimum absolute atomic E-state index is 0. The number of aromatic nitrogens is 2. The first-order chi connectivity index (χ1) is 11.9. The van der Waals surface area contributed by atoms with Gasteiger partial charge in [0.2, 0.25) is 10.0 Å². The molecule has 3 N–H and O–H groups in total. The Balaban J connectivity index is 0.00000196. The van der Waals surface area contributed by atoms with Crippen molar-refractivity contribution in [2.75, 3.05) is 0 Å². The molecule has 9 heteroatoms. The Morgan fingerprint density at radius 2 is 1.88 bits per heavy atom. The summed E-state index contributed by atoms with van der Waals surface area (Å²) in [6, 6.07) is 6.76. The van der Waals surface area contributed by atoms with Gasteiger partial charge in [-0.1, -0.05) is 17.3 Å². The van der Waals surface area contributed by atoms with Gasteiger partial charge in [0.1, 0.15) is 0 Å². The van der Waals surface area contributed by atoms with Crippen LogP contribution >= 0.6 is 12.4 Å². The van der Waals surface area contributed by atoms with Crippen LogP contribution in [-0.2, 0) is 15.6 Å². The second-order valence-corrected chi connectivity index (χ2v) is 8.48. The van der Waals surface area contributed by atoms with Gasteiger partial charge in [0.05, 0.1) is 10.4 Å². The highest BCUT2D eigenvalue weighted by Crippen LogP contribution is 2.36. The number of nitrogens with zero attached hydrogens (tertiary/aromatic N) is 2. The minimum Gasteiger partial charge on any atom is -0.335 e.